The smallest absolute Gasteiger partial charge is 0.253 e. The number of nitrogens with one attached hydrogen (secondary N) is 2. The highest BCUT2D eigenvalue weighted by molar-refractivity contribution is 6.31. The molecule has 0 aliphatic heterocycles. The van der Waals surface area contributed by atoms with Crippen LogP contribution in [0.5, 0.6) is 0 Å². The number of hydrogen-bond donors (Lipinski definition) is 2. The van der Waals surface area contributed by atoms with Gasteiger partial charge in [-0.3, -0.25) is 9.59 Å². The molecule has 0 atom stereocenters. The Balaban J connectivity index is 1.79. The molecule has 1 aromatic carbocycles. The lowest BCUT2D eigenvalue weighted by molar-refractivity contribution is 0.0950. The number of aromatic nitrogens is 1. The van der Waals surface area contributed by atoms with E-state index in [2.05, 4.69) is 41.1 Å². The topological polar surface area (TPSA) is 68.4 Å². The quantitative estimate of drug-likeness (QED) is 0.650. The van der Waals surface area contributed by atoms with Crippen molar-refractivity contribution in [1.29, 1.82) is 0 Å². The Morgan fingerprint density at radius 3 is 2.38 bits per heavy atom. The Hall–Kier alpha value is -2.31. The lowest BCUT2D eigenvalue weighted by atomic mass is 9.89. The van der Waals surface area contributed by atoms with Crippen LogP contribution in [0.3, 0.4) is 0 Å². The second-order valence-electron chi connectivity index (χ2n) is 8.99. The van der Waals surface area contributed by atoms with E-state index in [4.69, 9.17) is 11.6 Å². The zero-order valence-electron chi connectivity index (χ0n) is 19.8. The van der Waals surface area contributed by atoms with E-state index in [1.807, 2.05) is 26.0 Å². The van der Waals surface area contributed by atoms with E-state index in [1.54, 1.807) is 12.1 Å². The number of hydrogen-bond acceptors (Lipinski definition) is 4. The molecule has 1 aromatic heterocycles. The molecule has 1 amide bonds. The summed E-state index contributed by atoms with van der Waals surface area (Å²) in [7, 11) is 4.30. The van der Waals surface area contributed by atoms with E-state index in [-0.39, 0.29) is 18.0 Å². The van der Waals surface area contributed by atoms with Crippen LogP contribution >= 0.6 is 11.6 Å². The highest BCUT2D eigenvalue weighted by atomic mass is 35.5. The first kappa shape index (κ1) is 24.3. The molecule has 1 heterocycles. The Bertz CT molecular complexity index is 1010. The summed E-state index contributed by atoms with van der Waals surface area (Å²) < 4.78 is 0. The van der Waals surface area contributed by atoms with Crippen LogP contribution in [0.2, 0.25) is 5.02 Å². The summed E-state index contributed by atoms with van der Waals surface area (Å²) >= 11 is 6.46. The van der Waals surface area contributed by atoms with Crippen LogP contribution in [-0.4, -0.2) is 48.5 Å². The van der Waals surface area contributed by atoms with E-state index in [0.717, 1.165) is 36.3 Å². The molecule has 0 saturated heterocycles. The molecular weight excluding hydrogens is 424 g/mol. The van der Waals surface area contributed by atoms with Gasteiger partial charge in [-0.2, -0.15) is 0 Å². The fourth-order valence-electron chi connectivity index (χ4n) is 4.72. The summed E-state index contributed by atoms with van der Waals surface area (Å²) in [5, 5.41) is 3.43. The van der Waals surface area contributed by atoms with Gasteiger partial charge in [0.1, 0.15) is 0 Å². The van der Waals surface area contributed by atoms with Gasteiger partial charge in [-0.1, -0.05) is 17.7 Å². The number of rotatable bonds is 7. The highest BCUT2D eigenvalue weighted by Crippen LogP contribution is 2.34. The molecule has 7 heteroatoms. The fraction of sp³-hybridized carbons (Fsp3) is 0.520. The van der Waals surface area contributed by atoms with Crippen LogP contribution in [0, 0.1) is 13.8 Å². The van der Waals surface area contributed by atoms with Gasteiger partial charge in [0.15, 0.2) is 0 Å². The van der Waals surface area contributed by atoms with Gasteiger partial charge < -0.3 is 20.1 Å². The normalized spacial score (nSPS) is 18.6. The maximum absolute atomic E-state index is 13.0. The van der Waals surface area contributed by atoms with Crippen LogP contribution in [-0.2, 0) is 6.54 Å². The highest BCUT2D eigenvalue weighted by Gasteiger charge is 2.28. The molecule has 0 spiro atoms. The summed E-state index contributed by atoms with van der Waals surface area (Å²) in [5.41, 5.74) is 3.63. The maximum Gasteiger partial charge on any atom is 0.253 e. The number of nitrogens with zero attached hydrogens (tertiary/aromatic N) is 2. The Morgan fingerprint density at radius 2 is 1.78 bits per heavy atom. The third-order valence-corrected chi connectivity index (χ3v) is 6.87. The van der Waals surface area contributed by atoms with Gasteiger partial charge in [-0.25, -0.2) is 0 Å². The predicted octanol–water partition coefficient (Wildman–Crippen LogP) is 4.27. The Labute approximate surface area is 196 Å². The first-order chi connectivity index (χ1) is 15.2. The van der Waals surface area contributed by atoms with Crippen LogP contribution in [0.15, 0.2) is 29.1 Å². The minimum Gasteiger partial charge on any atom is -0.369 e. The van der Waals surface area contributed by atoms with Gasteiger partial charge in [0.2, 0.25) is 0 Å². The molecular formula is C25H35ClN4O2. The molecule has 32 heavy (non-hydrogen) atoms. The third kappa shape index (κ3) is 5.54. The summed E-state index contributed by atoms with van der Waals surface area (Å²) in [6.45, 7) is 6.99. The van der Waals surface area contributed by atoms with Gasteiger partial charge >= 0.3 is 0 Å². The molecule has 6 nitrogen and oxygen atoms in total. The molecule has 1 aliphatic rings. The molecule has 174 valence electrons. The number of H-pyrrole nitrogens is 1. The SMILES string of the molecule is CCN(c1cc(Cl)cc(C(=O)NCc2ccc(C)[nH]c2=O)c1C)[C@H]1CC[C@H](N(C)C)CC1. The van der Waals surface area contributed by atoms with E-state index in [9.17, 15) is 9.59 Å². The van der Waals surface area contributed by atoms with Gasteiger partial charge in [-0.15, -0.1) is 0 Å². The number of anilines is 1. The first-order valence-corrected chi connectivity index (χ1v) is 11.8. The standard InChI is InChI=1S/C25H35ClN4O2/c1-6-30(21-11-9-20(10-12-21)29(4)5)23-14-19(26)13-22(17(23)3)25(32)27-15-18-8-7-16(2)28-24(18)31/h7-8,13-14,20-21H,6,9-12,15H2,1-5H3,(H,27,32)(H,28,31)/t20-,21-. The maximum atomic E-state index is 13.0. The van der Waals surface area contributed by atoms with E-state index < -0.39 is 0 Å². The number of benzene rings is 1. The van der Waals surface area contributed by atoms with Crippen molar-refractivity contribution in [1.82, 2.24) is 15.2 Å². The summed E-state index contributed by atoms with van der Waals surface area (Å²) in [6.07, 6.45) is 4.60. The van der Waals surface area contributed by atoms with Crippen LogP contribution in [0.4, 0.5) is 5.69 Å². The third-order valence-electron chi connectivity index (χ3n) is 6.65. The van der Waals surface area contributed by atoms with Crippen molar-refractivity contribution in [2.75, 3.05) is 25.5 Å². The Morgan fingerprint density at radius 1 is 1.12 bits per heavy atom. The van der Waals surface area contributed by atoms with Crippen LogP contribution in [0.1, 0.15) is 59.8 Å². The first-order valence-electron chi connectivity index (χ1n) is 11.4. The largest absolute Gasteiger partial charge is 0.369 e. The van der Waals surface area contributed by atoms with E-state index in [1.165, 1.54) is 12.8 Å². The molecule has 1 fully saturated rings. The van der Waals surface area contributed by atoms with Gasteiger partial charge in [0, 0.05) is 52.7 Å². The lowest BCUT2D eigenvalue weighted by Gasteiger charge is -2.40. The van der Waals surface area contributed by atoms with Crippen LogP contribution < -0.4 is 15.8 Å². The van der Waals surface area contributed by atoms with Crippen molar-refractivity contribution >= 4 is 23.2 Å². The van der Waals surface area contributed by atoms with Crippen molar-refractivity contribution < 1.29 is 4.79 Å². The average Bonchev–Trinajstić information content (AvgIpc) is 2.76. The molecule has 0 radical (unpaired) electrons. The number of pyridine rings is 1. The van der Waals surface area contributed by atoms with Crippen molar-refractivity contribution in [2.45, 2.75) is 65.1 Å². The molecule has 0 bridgehead atoms. The van der Waals surface area contributed by atoms with Crippen LogP contribution in [0.25, 0.3) is 0 Å². The summed E-state index contributed by atoms with van der Waals surface area (Å²) in [4.78, 5) is 32.6. The van der Waals surface area contributed by atoms with Gasteiger partial charge in [-0.05, 0) is 84.3 Å². The van der Waals surface area contributed by atoms with E-state index in [0.29, 0.717) is 28.2 Å². The number of amides is 1. The number of halogens is 1. The summed E-state index contributed by atoms with van der Waals surface area (Å²) in [5.74, 6) is -0.224. The van der Waals surface area contributed by atoms with Crippen molar-refractivity contribution in [3.05, 3.63) is 62.0 Å². The average molecular weight is 459 g/mol. The summed E-state index contributed by atoms with van der Waals surface area (Å²) in [6, 6.07) is 8.34. The number of carbonyl (C=O) groups excluding carboxylic acids is 1. The Kier molecular flexibility index (Phi) is 8.01. The molecule has 1 aliphatic carbocycles. The lowest BCUT2D eigenvalue weighted by Crippen LogP contribution is -2.42. The second-order valence-corrected chi connectivity index (χ2v) is 9.42. The number of carbonyl (C=O) groups is 1. The van der Waals surface area contributed by atoms with Crippen molar-refractivity contribution in [2.24, 2.45) is 0 Å². The predicted molar refractivity (Wildman–Crippen MR) is 132 cm³/mol. The number of aromatic amines is 1. The molecule has 3 rings (SSSR count). The zero-order chi connectivity index (χ0) is 23.4. The number of aryl methyl sites for hydroxylation is 1. The van der Waals surface area contributed by atoms with Gasteiger partial charge in [0.25, 0.3) is 11.5 Å². The van der Waals surface area contributed by atoms with Crippen molar-refractivity contribution in [3.8, 4) is 0 Å². The van der Waals surface area contributed by atoms with Crippen molar-refractivity contribution in [3.63, 3.8) is 0 Å². The molecule has 0 unspecified atom stereocenters. The monoisotopic (exact) mass is 458 g/mol. The fourth-order valence-corrected chi connectivity index (χ4v) is 4.94. The van der Waals surface area contributed by atoms with Gasteiger partial charge in [0.05, 0.1) is 0 Å². The molecule has 2 N–H and O–H groups in total. The second kappa shape index (κ2) is 10.5. The zero-order valence-corrected chi connectivity index (χ0v) is 20.6. The molecule has 2 aromatic rings. The minimum atomic E-state index is -0.224. The molecule has 1 saturated carbocycles. The minimum absolute atomic E-state index is 0.168. The van der Waals surface area contributed by atoms with E-state index >= 15 is 0 Å².